The highest BCUT2D eigenvalue weighted by Gasteiger charge is 2.22. The summed E-state index contributed by atoms with van der Waals surface area (Å²) in [5, 5.41) is 14.4. The highest BCUT2D eigenvalue weighted by molar-refractivity contribution is 7.10. The number of hydrogen-bond donors (Lipinski definition) is 3. The van der Waals surface area contributed by atoms with Crippen LogP contribution in [-0.2, 0) is 6.42 Å². The third kappa shape index (κ3) is 2.34. The zero-order chi connectivity index (χ0) is 14.1. The highest BCUT2D eigenvalue weighted by atomic mass is 32.1. The van der Waals surface area contributed by atoms with Crippen molar-refractivity contribution in [1.29, 1.82) is 0 Å². The molecule has 6 heteroatoms. The van der Waals surface area contributed by atoms with Gasteiger partial charge in [0.25, 0.3) is 0 Å². The number of carboxylic acids is 1. The highest BCUT2D eigenvalue weighted by Crippen LogP contribution is 2.36. The van der Waals surface area contributed by atoms with Crippen LogP contribution in [0.4, 0.5) is 11.5 Å². The van der Waals surface area contributed by atoms with Crippen LogP contribution in [0.2, 0.25) is 0 Å². The fourth-order valence-electron chi connectivity index (χ4n) is 2.52. The molecule has 0 spiro atoms. The molecule has 0 amide bonds. The summed E-state index contributed by atoms with van der Waals surface area (Å²) in [5.74, 6) is -0.465. The van der Waals surface area contributed by atoms with E-state index < -0.39 is 5.97 Å². The Morgan fingerprint density at radius 1 is 1.55 bits per heavy atom. The number of nitrogens with two attached hydrogens (primary N) is 1. The molecule has 4 N–H and O–H groups in total. The van der Waals surface area contributed by atoms with E-state index in [9.17, 15) is 4.79 Å². The zero-order valence-electron chi connectivity index (χ0n) is 10.8. The summed E-state index contributed by atoms with van der Waals surface area (Å²) in [6, 6.07) is 3.78. The van der Waals surface area contributed by atoms with Crippen LogP contribution >= 0.6 is 11.3 Å². The third-order valence-corrected chi connectivity index (χ3v) is 4.52. The SMILES string of the molecule is Nc1cc(C(=O)O)cnc1NC1CCCc2sccc21. The van der Waals surface area contributed by atoms with Crippen molar-refractivity contribution in [2.75, 3.05) is 11.1 Å². The molecule has 5 nitrogen and oxygen atoms in total. The number of anilines is 2. The summed E-state index contributed by atoms with van der Waals surface area (Å²) >= 11 is 1.78. The number of aryl methyl sites for hydroxylation is 1. The van der Waals surface area contributed by atoms with E-state index in [0.29, 0.717) is 11.5 Å². The fraction of sp³-hybridized carbons (Fsp3) is 0.286. The first kappa shape index (κ1) is 12.9. The van der Waals surface area contributed by atoms with E-state index in [1.807, 2.05) is 0 Å². The van der Waals surface area contributed by atoms with Gasteiger partial charge >= 0.3 is 5.97 Å². The van der Waals surface area contributed by atoms with Crippen LogP contribution < -0.4 is 11.1 Å². The summed E-state index contributed by atoms with van der Waals surface area (Å²) in [7, 11) is 0. The lowest BCUT2D eigenvalue weighted by atomic mass is 9.94. The predicted octanol–water partition coefficient (Wildman–Crippen LogP) is 2.91. The summed E-state index contributed by atoms with van der Waals surface area (Å²) in [6.07, 6.45) is 4.63. The zero-order valence-corrected chi connectivity index (χ0v) is 11.6. The Morgan fingerprint density at radius 3 is 3.15 bits per heavy atom. The van der Waals surface area contributed by atoms with Crippen LogP contribution in [0.1, 0.15) is 39.7 Å². The largest absolute Gasteiger partial charge is 0.478 e. The normalized spacial score (nSPS) is 17.5. The molecule has 1 unspecified atom stereocenters. The van der Waals surface area contributed by atoms with Crippen LogP contribution in [0, 0.1) is 0 Å². The number of nitrogen functional groups attached to an aromatic ring is 1. The summed E-state index contributed by atoms with van der Waals surface area (Å²) in [6.45, 7) is 0. The van der Waals surface area contributed by atoms with Crippen molar-refractivity contribution in [1.82, 2.24) is 4.98 Å². The molecule has 0 saturated carbocycles. The number of aromatic carboxylic acids is 1. The van der Waals surface area contributed by atoms with Gasteiger partial charge in [0.15, 0.2) is 0 Å². The number of carboxylic acid groups (broad SMARTS) is 1. The molecule has 0 radical (unpaired) electrons. The number of rotatable bonds is 3. The maximum atomic E-state index is 10.9. The van der Waals surface area contributed by atoms with Crippen molar-refractivity contribution in [2.45, 2.75) is 25.3 Å². The lowest BCUT2D eigenvalue weighted by Gasteiger charge is -2.24. The van der Waals surface area contributed by atoms with Crippen LogP contribution in [0.3, 0.4) is 0 Å². The second kappa shape index (κ2) is 5.13. The van der Waals surface area contributed by atoms with E-state index in [2.05, 4.69) is 21.7 Å². The van der Waals surface area contributed by atoms with Crippen molar-refractivity contribution >= 4 is 28.8 Å². The van der Waals surface area contributed by atoms with Crippen LogP contribution in [-0.4, -0.2) is 16.1 Å². The second-order valence-electron chi connectivity index (χ2n) is 4.86. The first-order valence-corrected chi connectivity index (χ1v) is 7.34. The van der Waals surface area contributed by atoms with E-state index in [-0.39, 0.29) is 11.6 Å². The Morgan fingerprint density at radius 2 is 2.40 bits per heavy atom. The van der Waals surface area contributed by atoms with Crippen molar-refractivity contribution in [3.63, 3.8) is 0 Å². The molecule has 1 aliphatic rings. The van der Waals surface area contributed by atoms with Crippen LogP contribution in [0.25, 0.3) is 0 Å². The van der Waals surface area contributed by atoms with Gasteiger partial charge in [-0.25, -0.2) is 9.78 Å². The quantitative estimate of drug-likeness (QED) is 0.808. The number of thiophene rings is 1. The summed E-state index contributed by atoms with van der Waals surface area (Å²) < 4.78 is 0. The van der Waals surface area contributed by atoms with E-state index in [0.717, 1.165) is 19.3 Å². The minimum absolute atomic E-state index is 0.105. The Kier molecular flexibility index (Phi) is 3.31. The van der Waals surface area contributed by atoms with Gasteiger partial charge in [0.05, 0.1) is 17.3 Å². The van der Waals surface area contributed by atoms with Crippen molar-refractivity contribution in [3.05, 3.63) is 39.7 Å². The summed E-state index contributed by atoms with van der Waals surface area (Å²) in [5.41, 5.74) is 7.67. The molecule has 0 saturated heterocycles. The van der Waals surface area contributed by atoms with E-state index in [1.54, 1.807) is 11.3 Å². The molecule has 2 aromatic heterocycles. The van der Waals surface area contributed by atoms with E-state index in [1.165, 1.54) is 22.7 Å². The Hall–Kier alpha value is -2.08. The predicted molar refractivity (Wildman–Crippen MR) is 79.2 cm³/mol. The smallest absolute Gasteiger partial charge is 0.337 e. The molecule has 1 aliphatic carbocycles. The minimum atomic E-state index is -1.02. The molecule has 0 aliphatic heterocycles. The van der Waals surface area contributed by atoms with Crippen molar-refractivity contribution in [2.24, 2.45) is 0 Å². The molecule has 2 heterocycles. The van der Waals surface area contributed by atoms with Gasteiger partial charge in [-0.1, -0.05) is 0 Å². The molecule has 0 bridgehead atoms. The van der Waals surface area contributed by atoms with Crippen LogP contribution in [0.15, 0.2) is 23.7 Å². The number of nitrogens with one attached hydrogen (secondary N) is 1. The van der Waals surface area contributed by atoms with Gasteiger partial charge in [0.2, 0.25) is 0 Å². The monoisotopic (exact) mass is 289 g/mol. The standard InChI is InChI=1S/C14H15N3O2S/c15-10-6-8(14(18)19)7-16-13(10)17-11-2-1-3-12-9(11)4-5-20-12/h4-7,11H,1-3,15H2,(H,16,17)(H,18,19). The molecular formula is C14H15N3O2S. The van der Waals surface area contributed by atoms with Gasteiger partial charge in [-0.2, -0.15) is 0 Å². The van der Waals surface area contributed by atoms with Gasteiger partial charge in [-0.05, 0) is 42.3 Å². The minimum Gasteiger partial charge on any atom is -0.478 e. The summed E-state index contributed by atoms with van der Waals surface area (Å²) in [4.78, 5) is 16.4. The number of fused-ring (bicyclic) bond motifs is 1. The number of pyridine rings is 1. The maximum Gasteiger partial charge on any atom is 0.337 e. The first-order valence-electron chi connectivity index (χ1n) is 6.47. The van der Waals surface area contributed by atoms with E-state index >= 15 is 0 Å². The topological polar surface area (TPSA) is 88.2 Å². The molecule has 0 aromatic carbocycles. The van der Waals surface area contributed by atoms with E-state index in [4.69, 9.17) is 10.8 Å². The maximum absolute atomic E-state index is 10.9. The average molecular weight is 289 g/mol. The Labute approximate surface area is 120 Å². The Balaban J connectivity index is 1.84. The molecule has 104 valence electrons. The number of hydrogen-bond acceptors (Lipinski definition) is 5. The lowest BCUT2D eigenvalue weighted by Crippen LogP contribution is -2.17. The molecule has 1 atom stereocenters. The average Bonchev–Trinajstić information content (AvgIpc) is 2.90. The van der Waals surface area contributed by atoms with Gasteiger partial charge in [0.1, 0.15) is 5.82 Å². The van der Waals surface area contributed by atoms with Crippen LogP contribution in [0.5, 0.6) is 0 Å². The Bertz CT molecular complexity index is 654. The van der Waals surface area contributed by atoms with Gasteiger partial charge < -0.3 is 16.2 Å². The molecule has 3 rings (SSSR count). The lowest BCUT2D eigenvalue weighted by molar-refractivity contribution is 0.0696. The van der Waals surface area contributed by atoms with Gasteiger partial charge in [0, 0.05) is 11.1 Å². The van der Waals surface area contributed by atoms with Crippen molar-refractivity contribution < 1.29 is 9.90 Å². The number of nitrogens with zero attached hydrogens (tertiary/aromatic N) is 1. The first-order chi connectivity index (χ1) is 9.65. The third-order valence-electron chi connectivity index (χ3n) is 3.53. The van der Waals surface area contributed by atoms with Crippen molar-refractivity contribution in [3.8, 4) is 0 Å². The number of carbonyl (C=O) groups is 1. The fourth-order valence-corrected chi connectivity index (χ4v) is 3.51. The molecular weight excluding hydrogens is 274 g/mol. The number of aromatic nitrogens is 1. The van der Waals surface area contributed by atoms with Gasteiger partial charge in [-0.15, -0.1) is 11.3 Å². The second-order valence-corrected chi connectivity index (χ2v) is 5.86. The van der Waals surface area contributed by atoms with Gasteiger partial charge in [-0.3, -0.25) is 0 Å². The molecule has 20 heavy (non-hydrogen) atoms. The molecule has 0 fully saturated rings. The molecule has 2 aromatic rings.